The zero-order chi connectivity index (χ0) is 16.4. The number of fused-ring (bicyclic) bond motifs is 1. The van der Waals surface area contributed by atoms with Gasteiger partial charge in [0.25, 0.3) is 5.91 Å². The molecule has 6 heteroatoms. The summed E-state index contributed by atoms with van der Waals surface area (Å²) < 4.78 is 15.3. The maximum atomic E-state index is 12.2. The molecule has 0 atom stereocenters. The van der Waals surface area contributed by atoms with Crippen LogP contribution in [0.25, 0.3) is 0 Å². The van der Waals surface area contributed by atoms with Gasteiger partial charge in [0, 0.05) is 17.3 Å². The summed E-state index contributed by atoms with van der Waals surface area (Å²) in [4.78, 5) is 12.2. The van der Waals surface area contributed by atoms with Crippen molar-refractivity contribution in [1.82, 2.24) is 9.69 Å². The molecule has 1 aromatic carbocycles. The van der Waals surface area contributed by atoms with E-state index in [-0.39, 0.29) is 11.3 Å². The van der Waals surface area contributed by atoms with Crippen LogP contribution in [0.4, 0.5) is 0 Å². The number of nitrogens with zero attached hydrogens (tertiary/aromatic N) is 1. The van der Waals surface area contributed by atoms with Gasteiger partial charge in [-0.3, -0.25) is 4.79 Å². The van der Waals surface area contributed by atoms with Crippen LogP contribution in [-0.4, -0.2) is 30.0 Å². The Hall–Kier alpha value is -2.08. The van der Waals surface area contributed by atoms with E-state index in [1.165, 1.54) is 11.5 Å². The molecule has 0 saturated heterocycles. The summed E-state index contributed by atoms with van der Waals surface area (Å²) in [6.45, 7) is 7.71. The number of amides is 1. The van der Waals surface area contributed by atoms with Crippen molar-refractivity contribution >= 4 is 17.4 Å². The van der Waals surface area contributed by atoms with Crippen molar-refractivity contribution in [2.75, 3.05) is 19.8 Å². The fourth-order valence-corrected chi connectivity index (χ4v) is 3.17. The van der Waals surface area contributed by atoms with Gasteiger partial charge in [-0.05, 0) is 36.2 Å². The predicted molar refractivity (Wildman–Crippen MR) is 89.6 cm³/mol. The van der Waals surface area contributed by atoms with Gasteiger partial charge in [-0.2, -0.15) is 4.37 Å². The maximum Gasteiger partial charge on any atom is 0.254 e. The van der Waals surface area contributed by atoms with E-state index < -0.39 is 0 Å². The van der Waals surface area contributed by atoms with Gasteiger partial charge in [0.2, 0.25) is 0 Å². The number of aryl methyl sites for hydroxylation is 1. The molecule has 0 radical (unpaired) electrons. The van der Waals surface area contributed by atoms with Gasteiger partial charge in [-0.25, -0.2) is 0 Å². The smallest absolute Gasteiger partial charge is 0.254 e. The number of benzene rings is 1. The Morgan fingerprint density at radius 2 is 2.04 bits per heavy atom. The number of rotatable bonds is 4. The van der Waals surface area contributed by atoms with Gasteiger partial charge in [-0.15, -0.1) is 0 Å². The molecule has 2 heterocycles. The number of nitrogens with one attached hydrogen (secondary N) is 1. The molecule has 0 bridgehead atoms. The van der Waals surface area contributed by atoms with Gasteiger partial charge in [0.1, 0.15) is 13.2 Å². The van der Waals surface area contributed by atoms with Crippen molar-refractivity contribution in [3.63, 3.8) is 0 Å². The molecule has 1 aliphatic rings. The maximum absolute atomic E-state index is 12.2. The van der Waals surface area contributed by atoms with Crippen LogP contribution in [0, 0.1) is 6.92 Å². The fraction of sp³-hybridized carbons (Fsp3) is 0.412. The fourth-order valence-electron chi connectivity index (χ4n) is 2.47. The second-order valence-electron chi connectivity index (χ2n) is 6.24. The van der Waals surface area contributed by atoms with Crippen molar-refractivity contribution in [3.05, 3.63) is 40.4 Å². The van der Waals surface area contributed by atoms with E-state index >= 15 is 0 Å². The average Bonchev–Trinajstić information content (AvgIpc) is 2.98. The Morgan fingerprint density at radius 3 is 2.74 bits per heavy atom. The Balaban J connectivity index is 1.71. The summed E-state index contributed by atoms with van der Waals surface area (Å²) in [7, 11) is 0. The number of hydrogen-bond acceptors (Lipinski definition) is 5. The van der Waals surface area contributed by atoms with E-state index in [1.807, 2.05) is 25.1 Å². The predicted octanol–water partition coefficient (Wildman–Crippen LogP) is 2.93. The topological polar surface area (TPSA) is 60.5 Å². The minimum atomic E-state index is -0.219. The molecule has 5 nitrogen and oxygen atoms in total. The summed E-state index contributed by atoms with van der Waals surface area (Å²) in [6.07, 6.45) is 0. The van der Waals surface area contributed by atoms with Crippen LogP contribution in [0.2, 0.25) is 0 Å². The minimum absolute atomic E-state index is 0.0816. The van der Waals surface area contributed by atoms with E-state index in [2.05, 4.69) is 23.5 Å². The Morgan fingerprint density at radius 1 is 1.30 bits per heavy atom. The number of hydrogen-bond donors (Lipinski definition) is 1. The lowest BCUT2D eigenvalue weighted by molar-refractivity contribution is 0.0945. The van der Waals surface area contributed by atoms with Crippen LogP contribution in [0.5, 0.6) is 11.5 Å². The number of carbonyl (C=O) groups excluding carboxylic acids is 1. The molecule has 23 heavy (non-hydrogen) atoms. The highest BCUT2D eigenvalue weighted by Gasteiger charge is 2.24. The van der Waals surface area contributed by atoms with Crippen LogP contribution in [0.1, 0.15) is 35.5 Å². The second kappa shape index (κ2) is 6.20. The van der Waals surface area contributed by atoms with E-state index in [0.717, 1.165) is 22.8 Å². The first kappa shape index (κ1) is 15.8. The molecule has 3 rings (SSSR count). The van der Waals surface area contributed by atoms with Crippen LogP contribution < -0.4 is 14.8 Å². The zero-order valence-electron chi connectivity index (χ0n) is 13.5. The molecule has 122 valence electrons. The number of ether oxygens (including phenoxy) is 2. The van der Waals surface area contributed by atoms with Crippen molar-refractivity contribution in [2.24, 2.45) is 0 Å². The lowest BCUT2D eigenvalue weighted by atomic mass is 9.84. The highest BCUT2D eigenvalue weighted by atomic mass is 32.1. The molecule has 0 saturated carbocycles. The lowest BCUT2D eigenvalue weighted by Gasteiger charge is -2.27. The van der Waals surface area contributed by atoms with Gasteiger partial charge in [0.15, 0.2) is 11.5 Å². The highest BCUT2D eigenvalue weighted by molar-refractivity contribution is 7.03. The van der Waals surface area contributed by atoms with Crippen LogP contribution >= 0.6 is 11.5 Å². The molecule has 1 amide bonds. The normalized spacial score (nSPS) is 13.7. The summed E-state index contributed by atoms with van der Waals surface area (Å²) in [5.41, 5.74) is 2.29. The monoisotopic (exact) mass is 332 g/mol. The largest absolute Gasteiger partial charge is 0.486 e. The third-order valence-corrected chi connectivity index (χ3v) is 4.73. The van der Waals surface area contributed by atoms with Gasteiger partial charge in [-0.1, -0.05) is 19.9 Å². The van der Waals surface area contributed by atoms with Crippen LogP contribution in [-0.2, 0) is 5.41 Å². The Labute approximate surface area is 139 Å². The van der Waals surface area contributed by atoms with Crippen molar-refractivity contribution < 1.29 is 14.3 Å². The first-order chi connectivity index (χ1) is 11.0. The van der Waals surface area contributed by atoms with Crippen molar-refractivity contribution in [2.45, 2.75) is 26.2 Å². The zero-order valence-corrected chi connectivity index (χ0v) is 14.3. The number of aromatic nitrogens is 1. The molecule has 0 aliphatic carbocycles. The van der Waals surface area contributed by atoms with Crippen LogP contribution in [0.15, 0.2) is 23.6 Å². The van der Waals surface area contributed by atoms with E-state index in [9.17, 15) is 4.79 Å². The summed E-state index contributed by atoms with van der Waals surface area (Å²) in [5, 5.41) is 4.78. The van der Waals surface area contributed by atoms with E-state index in [4.69, 9.17) is 9.47 Å². The molecule has 0 spiro atoms. The number of carbonyl (C=O) groups is 1. The molecule has 0 fully saturated rings. The molecule has 1 aromatic heterocycles. The molecular formula is C17H20N2O3S. The minimum Gasteiger partial charge on any atom is -0.486 e. The summed E-state index contributed by atoms with van der Waals surface area (Å²) >= 11 is 1.30. The molecule has 2 aromatic rings. The molecule has 1 N–H and O–H groups in total. The van der Waals surface area contributed by atoms with E-state index in [0.29, 0.717) is 25.3 Å². The first-order valence-electron chi connectivity index (χ1n) is 7.57. The molecular weight excluding hydrogens is 312 g/mol. The Bertz CT molecular complexity index is 724. The van der Waals surface area contributed by atoms with Crippen molar-refractivity contribution in [1.29, 1.82) is 0 Å². The summed E-state index contributed by atoms with van der Waals surface area (Å²) in [6, 6.07) is 5.95. The highest BCUT2D eigenvalue weighted by Crippen LogP contribution is 2.34. The average molecular weight is 332 g/mol. The second-order valence-corrected chi connectivity index (χ2v) is 6.87. The van der Waals surface area contributed by atoms with Gasteiger partial charge >= 0.3 is 0 Å². The van der Waals surface area contributed by atoms with Gasteiger partial charge in [0.05, 0.1) is 11.3 Å². The molecule has 1 aliphatic heterocycles. The SMILES string of the molecule is Cc1nscc1C(=O)NCC(C)(C)c1ccc2c(c1)OCCO2. The standard InChI is InChI=1S/C17H20N2O3S/c1-11-13(9-23-19-11)16(20)18-10-17(2,3)12-4-5-14-15(8-12)22-7-6-21-14/h4-5,8-9H,6-7,10H2,1-3H3,(H,18,20). The quantitative estimate of drug-likeness (QED) is 0.935. The van der Waals surface area contributed by atoms with Gasteiger partial charge < -0.3 is 14.8 Å². The van der Waals surface area contributed by atoms with Crippen molar-refractivity contribution in [3.8, 4) is 11.5 Å². The third kappa shape index (κ3) is 3.32. The Kier molecular flexibility index (Phi) is 4.26. The summed E-state index contributed by atoms with van der Waals surface area (Å²) in [5.74, 6) is 1.47. The van der Waals surface area contributed by atoms with E-state index in [1.54, 1.807) is 5.38 Å². The lowest BCUT2D eigenvalue weighted by Crippen LogP contribution is -2.36. The first-order valence-corrected chi connectivity index (χ1v) is 8.40. The molecule has 0 unspecified atom stereocenters. The van der Waals surface area contributed by atoms with Crippen LogP contribution in [0.3, 0.4) is 0 Å². The third-order valence-electron chi connectivity index (χ3n) is 4.01.